The van der Waals surface area contributed by atoms with Crippen LogP contribution in [0.15, 0.2) is 18.2 Å². The third-order valence-corrected chi connectivity index (χ3v) is 3.29. The van der Waals surface area contributed by atoms with Gasteiger partial charge >= 0.3 is 0 Å². The average Bonchev–Trinajstić information content (AvgIpc) is 3.26. The molecule has 1 aliphatic rings. The van der Waals surface area contributed by atoms with Gasteiger partial charge in [0.1, 0.15) is 12.7 Å². The third kappa shape index (κ3) is 4.40. The molecule has 0 heterocycles. The maximum absolute atomic E-state index is 9.82. The fraction of sp³-hybridized carbons (Fsp3) is 0.600. The second-order valence-electron chi connectivity index (χ2n) is 4.99. The first-order valence-corrected chi connectivity index (χ1v) is 6.94. The predicted molar refractivity (Wildman–Crippen MR) is 74.9 cm³/mol. The molecule has 0 saturated heterocycles. The molecule has 0 radical (unpaired) electrons. The van der Waals surface area contributed by atoms with Crippen LogP contribution in [0.25, 0.3) is 0 Å². The zero-order chi connectivity index (χ0) is 13.7. The van der Waals surface area contributed by atoms with Crippen molar-refractivity contribution >= 4 is 0 Å². The first-order chi connectivity index (χ1) is 9.22. The molecule has 1 aliphatic carbocycles. The van der Waals surface area contributed by atoms with Crippen molar-refractivity contribution in [1.29, 1.82) is 0 Å². The first-order valence-electron chi connectivity index (χ1n) is 6.94. The van der Waals surface area contributed by atoms with Gasteiger partial charge in [0, 0.05) is 12.6 Å². The Morgan fingerprint density at radius 3 is 2.79 bits per heavy atom. The molecule has 0 spiro atoms. The Labute approximate surface area is 114 Å². The number of aliphatic hydroxyl groups is 1. The van der Waals surface area contributed by atoms with Crippen LogP contribution in [0, 0.1) is 0 Å². The van der Waals surface area contributed by atoms with Crippen LogP contribution in [0.3, 0.4) is 0 Å². The smallest absolute Gasteiger partial charge is 0.161 e. The average molecular weight is 265 g/mol. The molecular formula is C15H23NO3. The molecule has 4 heteroatoms. The lowest BCUT2D eigenvalue weighted by Crippen LogP contribution is -2.32. The van der Waals surface area contributed by atoms with Gasteiger partial charge in [-0.1, -0.05) is 13.0 Å². The van der Waals surface area contributed by atoms with Crippen molar-refractivity contribution in [2.24, 2.45) is 0 Å². The molecule has 1 fully saturated rings. The number of aryl methyl sites for hydroxylation is 1. The zero-order valence-electron chi connectivity index (χ0n) is 11.7. The SMILES string of the molecule is CCc1ccc(OCC(O)CNC2CC2)c(OC)c1. The second kappa shape index (κ2) is 6.78. The number of aliphatic hydroxyl groups excluding tert-OH is 1. The fourth-order valence-electron chi connectivity index (χ4n) is 1.89. The molecule has 19 heavy (non-hydrogen) atoms. The number of hydrogen-bond acceptors (Lipinski definition) is 4. The van der Waals surface area contributed by atoms with Crippen LogP contribution in [-0.2, 0) is 6.42 Å². The van der Waals surface area contributed by atoms with Gasteiger partial charge in [0.2, 0.25) is 0 Å². The van der Waals surface area contributed by atoms with E-state index in [1.54, 1.807) is 7.11 Å². The van der Waals surface area contributed by atoms with E-state index in [0.717, 1.165) is 12.2 Å². The molecule has 106 valence electrons. The van der Waals surface area contributed by atoms with Gasteiger partial charge in [0.05, 0.1) is 7.11 Å². The number of methoxy groups -OCH3 is 1. The zero-order valence-corrected chi connectivity index (χ0v) is 11.7. The lowest BCUT2D eigenvalue weighted by atomic mass is 10.1. The van der Waals surface area contributed by atoms with E-state index in [2.05, 4.69) is 12.2 Å². The van der Waals surface area contributed by atoms with Crippen molar-refractivity contribution in [3.63, 3.8) is 0 Å². The largest absolute Gasteiger partial charge is 0.493 e. The van der Waals surface area contributed by atoms with Gasteiger partial charge in [0.15, 0.2) is 11.5 Å². The van der Waals surface area contributed by atoms with E-state index in [0.29, 0.717) is 18.3 Å². The molecule has 2 N–H and O–H groups in total. The Balaban J connectivity index is 1.83. The number of ether oxygens (including phenoxy) is 2. The predicted octanol–water partition coefficient (Wildman–Crippen LogP) is 1.75. The highest BCUT2D eigenvalue weighted by atomic mass is 16.5. The van der Waals surface area contributed by atoms with Crippen LogP contribution in [0.1, 0.15) is 25.3 Å². The summed E-state index contributed by atoms with van der Waals surface area (Å²) < 4.78 is 10.9. The highest BCUT2D eigenvalue weighted by Gasteiger charge is 2.21. The van der Waals surface area contributed by atoms with Crippen molar-refractivity contribution in [2.45, 2.75) is 38.3 Å². The van der Waals surface area contributed by atoms with Crippen molar-refractivity contribution < 1.29 is 14.6 Å². The van der Waals surface area contributed by atoms with E-state index in [4.69, 9.17) is 9.47 Å². The van der Waals surface area contributed by atoms with Gasteiger partial charge < -0.3 is 19.9 Å². The quantitative estimate of drug-likeness (QED) is 0.752. The monoisotopic (exact) mass is 265 g/mol. The molecule has 0 bridgehead atoms. The van der Waals surface area contributed by atoms with Crippen LogP contribution in [0.2, 0.25) is 0 Å². The van der Waals surface area contributed by atoms with Crippen LogP contribution >= 0.6 is 0 Å². The van der Waals surface area contributed by atoms with E-state index in [-0.39, 0.29) is 6.61 Å². The Kier molecular flexibility index (Phi) is 5.05. The molecule has 4 nitrogen and oxygen atoms in total. The van der Waals surface area contributed by atoms with Crippen molar-refractivity contribution in [1.82, 2.24) is 5.32 Å². The molecule has 1 unspecified atom stereocenters. The minimum Gasteiger partial charge on any atom is -0.493 e. The highest BCUT2D eigenvalue weighted by Crippen LogP contribution is 2.28. The van der Waals surface area contributed by atoms with Gasteiger partial charge in [-0.25, -0.2) is 0 Å². The summed E-state index contributed by atoms with van der Waals surface area (Å²) in [5, 5.41) is 13.1. The molecule has 0 aliphatic heterocycles. The summed E-state index contributed by atoms with van der Waals surface area (Å²) in [6.45, 7) is 2.96. The molecule has 1 atom stereocenters. The summed E-state index contributed by atoms with van der Waals surface area (Å²) in [5.41, 5.74) is 1.21. The second-order valence-corrected chi connectivity index (χ2v) is 4.99. The number of benzene rings is 1. The lowest BCUT2D eigenvalue weighted by molar-refractivity contribution is 0.104. The lowest BCUT2D eigenvalue weighted by Gasteiger charge is -2.15. The Morgan fingerprint density at radius 1 is 1.37 bits per heavy atom. The highest BCUT2D eigenvalue weighted by molar-refractivity contribution is 5.42. The summed E-state index contributed by atoms with van der Waals surface area (Å²) in [4.78, 5) is 0. The molecular weight excluding hydrogens is 242 g/mol. The summed E-state index contributed by atoms with van der Waals surface area (Å²) in [7, 11) is 1.63. The molecule has 0 aromatic heterocycles. The minimum absolute atomic E-state index is 0.279. The van der Waals surface area contributed by atoms with Gasteiger partial charge in [-0.05, 0) is 37.0 Å². The van der Waals surface area contributed by atoms with E-state index >= 15 is 0 Å². The molecule has 1 saturated carbocycles. The van der Waals surface area contributed by atoms with Crippen molar-refractivity contribution in [3.8, 4) is 11.5 Å². The Bertz CT molecular complexity index is 404. The standard InChI is InChI=1S/C15H23NO3/c1-3-11-4-7-14(15(8-11)18-2)19-10-13(17)9-16-12-5-6-12/h4,7-8,12-13,16-17H,3,5-6,9-10H2,1-2H3. The van der Waals surface area contributed by atoms with Gasteiger partial charge in [0.25, 0.3) is 0 Å². The number of hydrogen-bond donors (Lipinski definition) is 2. The summed E-state index contributed by atoms with van der Waals surface area (Å²) in [5.74, 6) is 1.41. The van der Waals surface area contributed by atoms with Gasteiger partial charge in [-0.15, -0.1) is 0 Å². The third-order valence-electron chi connectivity index (χ3n) is 3.29. The van der Waals surface area contributed by atoms with E-state index < -0.39 is 6.10 Å². The Hall–Kier alpha value is -1.26. The Morgan fingerprint density at radius 2 is 2.16 bits per heavy atom. The van der Waals surface area contributed by atoms with Gasteiger partial charge in [-0.2, -0.15) is 0 Å². The van der Waals surface area contributed by atoms with Crippen molar-refractivity contribution in [3.05, 3.63) is 23.8 Å². The van der Waals surface area contributed by atoms with E-state index in [1.165, 1.54) is 18.4 Å². The molecule has 1 aromatic carbocycles. The van der Waals surface area contributed by atoms with Crippen LogP contribution in [0.5, 0.6) is 11.5 Å². The van der Waals surface area contributed by atoms with E-state index in [9.17, 15) is 5.11 Å². The number of nitrogens with one attached hydrogen (secondary N) is 1. The molecule has 1 aromatic rings. The summed E-state index contributed by atoms with van der Waals surface area (Å²) in [6, 6.07) is 6.50. The maximum atomic E-state index is 9.82. The maximum Gasteiger partial charge on any atom is 0.161 e. The summed E-state index contributed by atoms with van der Waals surface area (Å²) in [6.07, 6.45) is 2.92. The summed E-state index contributed by atoms with van der Waals surface area (Å²) >= 11 is 0. The normalized spacial score (nSPS) is 16.2. The topological polar surface area (TPSA) is 50.7 Å². The van der Waals surface area contributed by atoms with Crippen molar-refractivity contribution in [2.75, 3.05) is 20.3 Å². The molecule has 0 amide bonds. The van der Waals surface area contributed by atoms with Crippen LogP contribution in [-0.4, -0.2) is 37.5 Å². The van der Waals surface area contributed by atoms with Crippen LogP contribution in [0.4, 0.5) is 0 Å². The van der Waals surface area contributed by atoms with E-state index in [1.807, 2.05) is 18.2 Å². The van der Waals surface area contributed by atoms with Gasteiger partial charge in [-0.3, -0.25) is 0 Å². The first kappa shape index (κ1) is 14.2. The minimum atomic E-state index is -0.490. The number of rotatable bonds is 8. The molecule has 2 rings (SSSR count). The fourth-order valence-corrected chi connectivity index (χ4v) is 1.89. The van der Waals surface area contributed by atoms with Crippen LogP contribution < -0.4 is 14.8 Å².